The first kappa shape index (κ1) is 12.0. The van der Waals surface area contributed by atoms with Crippen molar-refractivity contribution < 1.29 is 38.7 Å². The van der Waals surface area contributed by atoms with Gasteiger partial charge in [-0.15, -0.1) is 0 Å². The number of carbonyl (C=O) groups is 2. The van der Waals surface area contributed by atoms with Gasteiger partial charge in [0.1, 0.15) is 0 Å². The van der Waals surface area contributed by atoms with Crippen LogP contribution in [0.2, 0.25) is 0 Å². The highest BCUT2D eigenvalue weighted by Gasteiger charge is 2.25. The topological polar surface area (TPSA) is 141 Å². The van der Waals surface area contributed by atoms with Crippen LogP contribution in [0.4, 0.5) is 0 Å². The van der Waals surface area contributed by atoms with E-state index in [1.54, 1.807) is 0 Å². The fourth-order valence-electron chi connectivity index (χ4n) is 0.415. The molecule has 0 amide bonds. The minimum absolute atomic E-state index is 1.01. The average Bonchev–Trinajstić information content (AvgIpc) is 1.81. The molecule has 0 aromatic rings. The molecule has 0 saturated carbocycles. The Balaban J connectivity index is 4.03. The standard InChI is InChI=1S/C4H7O8P/c5-2(4(7)8)1-3(6)12-13(9,10)11/h2,5H,1H2,(H,7,8)(H2,9,10,11). The van der Waals surface area contributed by atoms with Gasteiger partial charge in [-0.2, -0.15) is 0 Å². The molecule has 0 aromatic carbocycles. The Hall–Kier alpha value is -0.950. The molecule has 1 unspecified atom stereocenters. The summed E-state index contributed by atoms with van der Waals surface area (Å²) in [6.45, 7) is 0. The predicted octanol–water partition coefficient (Wildman–Crippen LogP) is -1.54. The number of carboxylic acids is 1. The molecule has 13 heavy (non-hydrogen) atoms. The summed E-state index contributed by atoms with van der Waals surface area (Å²) in [7, 11) is -4.96. The lowest BCUT2D eigenvalue weighted by atomic mass is 10.3. The van der Waals surface area contributed by atoms with Crippen LogP contribution in [0.25, 0.3) is 0 Å². The Kier molecular flexibility index (Phi) is 4.02. The van der Waals surface area contributed by atoms with Gasteiger partial charge in [0, 0.05) is 0 Å². The van der Waals surface area contributed by atoms with E-state index in [1.165, 1.54) is 0 Å². The number of rotatable bonds is 4. The Bertz CT molecular complexity index is 253. The first-order valence-electron chi connectivity index (χ1n) is 2.91. The van der Waals surface area contributed by atoms with Gasteiger partial charge < -0.3 is 14.7 Å². The molecule has 0 heterocycles. The summed E-state index contributed by atoms with van der Waals surface area (Å²) in [5, 5.41) is 16.6. The summed E-state index contributed by atoms with van der Waals surface area (Å²) in [5.41, 5.74) is 0. The zero-order valence-electron chi connectivity index (χ0n) is 6.15. The predicted molar refractivity (Wildman–Crippen MR) is 36.4 cm³/mol. The number of hydrogen-bond acceptors (Lipinski definition) is 5. The third-order valence-corrected chi connectivity index (χ3v) is 1.31. The lowest BCUT2D eigenvalue weighted by Crippen LogP contribution is -2.23. The number of hydrogen-bond donors (Lipinski definition) is 4. The van der Waals surface area contributed by atoms with Crippen LogP contribution in [-0.4, -0.2) is 38.0 Å². The molecule has 76 valence electrons. The molecule has 0 aromatic heterocycles. The highest BCUT2D eigenvalue weighted by atomic mass is 31.2. The maximum absolute atomic E-state index is 10.4. The van der Waals surface area contributed by atoms with Gasteiger partial charge in [0.15, 0.2) is 6.10 Å². The normalized spacial score (nSPS) is 13.5. The van der Waals surface area contributed by atoms with E-state index >= 15 is 0 Å². The SMILES string of the molecule is O=C(CC(O)C(=O)O)OP(=O)(O)O. The molecule has 0 bridgehead atoms. The van der Waals surface area contributed by atoms with E-state index in [2.05, 4.69) is 4.52 Å². The fourth-order valence-corrected chi connectivity index (χ4v) is 0.755. The lowest BCUT2D eigenvalue weighted by Gasteiger charge is -2.06. The molecular formula is C4H7O8P. The Morgan fingerprint density at radius 3 is 2.15 bits per heavy atom. The number of aliphatic carboxylic acids is 1. The van der Waals surface area contributed by atoms with Crippen molar-refractivity contribution in [2.75, 3.05) is 0 Å². The van der Waals surface area contributed by atoms with E-state index in [0.717, 1.165) is 0 Å². The van der Waals surface area contributed by atoms with Gasteiger partial charge >= 0.3 is 19.8 Å². The fraction of sp³-hybridized carbons (Fsp3) is 0.500. The van der Waals surface area contributed by atoms with Crippen molar-refractivity contribution in [1.29, 1.82) is 0 Å². The third kappa shape index (κ3) is 6.23. The van der Waals surface area contributed by atoms with E-state index in [1.807, 2.05) is 0 Å². The molecule has 4 N–H and O–H groups in total. The van der Waals surface area contributed by atoms with Crippen molar-refractivity contribution in [1.82, 2.24) is 0 Å². The van der Waals surface area contributed by atoms with Gasteiger partial charge in [0.05, 0.1) is 6.42 Å². The number of carboxylic acid groups (broad SMARTS) is 1. The smallest absolute Gasteiger partial charge is 0.479 e. The minimum atomic E-state index is -4.96. The van der Waals surface area contributed by atoms with Crippen molar-refractivity contribution in [2.45, 2.75) is 12.5 Å². The molecule has 0 aliphatic heterocycles. The van der Waals surface area contributed by atoms with Crippen LogP contribution in [0.5, 0.6) is 0 Å². The molecule has 0 aliphatic rings. The van der Waals surface area contributed by atoms with Crippen molar-refractivity contribution in [3.63, 3.8) is 0 Å². The maximum Gasteiger partial charge on any atom is 0.526 e. The maximum atomic E-state index is 10.4. The summed E-state index contributed by atoms with van der Waals surface area (Å²) < 4.78 is 13.5. The number of aliphatic hydroxyl groups excluding tert-OH is 1. The Morgan fingerprint density at radius 2 is 1.85 bits per heavy atom. The van der Waals surface area contributed by atoms with E-state index in [-0.39, 0.29) is 0 Å². The van der Waals surface area contributed by atoms with E-state index in [0.29, 0.717) is 0 Å². The van der Waals surface area contributed by atoms with Crippen LogP contribution in [0.3, 0.4) is 0 Å². The second-order valence-corrected chi connectivity index (χ2v) is 3.18. The quantitative estimate of drug-likeness (QED) is 0.412. The molecule has 9 heteroatoms. The molecule has 0 rings (SSSR count). The summed E-state index contributed by atoms with van der Waals surface area (Å²) in [5.74, 6) is -3.16. The molecule has 1 atom stereocenters. The van der Waals surface area contributed by atoms with Gasteiger partial charge in [0.2, 0.25) is 0 Å². The van der Waals surface area contributed by atoms with Gasteiger partial charge in [0.25, 0.3) is 0 Å². The molecule has 0 aliphatic carbocycles. The largest absolute Gasteiger partial charge is 0.526 e. The molecule has 0 radical (unpaired) electrons. The Labute approximate surface area is 72.0 Å². The van der Waals surface area contributed by atoms with Crippen LogP contribution in [0.1, 0.15) is 6.42 Å². The molecule has 0 spiro atoms. The van der Waals surface area contributed by atoms with Gasteiger partial charge in [-0.3, -0.25) is 14.6 Å². The van der Waals surface area contributed by atoms with E-state index in [4.69, 9.17) is 20.0 Å². The molecule has 0 fully saturated rings. The highest BCUT2D eigenvalue weighted by molar-refractivity contribution is 7.46. The second kappa shape index (κ2) is 4.33. The van der Waals surface area contributed by atoms with Crippen molar-refractivity contribution >= 4 is 19.8 Å². The second-order valence-electron chi connectivity index (χ2n) is 2.01. The first-order chi connectivity index (χ1) is 5.72. The van der Waals surface area contributed by atoms with Crippen molar-refractivity contribution in [3.8, 4) is 0 Å². The third-order valence-electron chi connectivity index (χ3n) is 0.866. The summed E-state index contributed by atoms with van der Waals surface area (Å²) >= 11 is 0. The molecule has 8 nitrogen and oxygen atoms in total. The van der Waals surface area contributed by atoms with Crippen LogP contribution in [0, 0.1) is 0 Å². The van der Waals surface area contributed by atoms with Crippen LogP contribution < -0.4 is 0 Å². The van der Waals surface area contributed by atoms with Gasteiger partial charge in [-0.25, -0.2) is 9.36 Å². The average molecular weight is 214 g/mol. The molecular weight excluding hydrogens is 207 g/mol. The zero-order valence-corrected chi connectivity index (χ0v) is 7.05. The summed E-state index contributed by atoms with van der Waals surface area (Å²) in [4.78, 5) is 36.5. The highest BCUT2D eigenvalue weighted by Crippen LogP contribution is 2.36. The number of aliphatic hydroxyl groups is 1. The monoisotopic (exact) mass is 214 g/mol. The van der Waals surface area contributed by atoms with Crippen molar-refractivity contribution in [2.24, 2.45) is 0 Å². The first-order valence-corrected chi connectivity index (χ1v) is 4.44. The number of carbonyl (C=O) groups excluding carboxylic acids is 1. The van der Waals surface area contributed by atoms with Gasteiger partial charge in [-0.1, -0.05) is 0 Å². The van der Waals surface area contributed by atoms with Crippen molar-refractivity contribution in [3.05, 3.63) is 0 Å². The van der Waals surface area contributed by atoms with Crippen LogP contribution in [-0.2, 0) is 18.7 Å². The number of phosphoric ester groups is 1. The minimum Gasteiger partial charge on any atom is -0.479 e. The lowest BCUT2D eigenvalue weighted by molar-refractivity contribution is -0.152. The Morgan fingerprint density at radius 1 is 1.38 bits per heavy atom. The van der Waals surface area contributed by atoms with Crippen LogP contribution >= 0.6 is 7.82 Å². The van der Waals surface area contributed by atoms with E-state index < -0.39 is 32.3 Å². The summed E-state index contributed by atoms with van der Waals surface area (Å²) in [6, 6.07) is 0. The summed E-state index contributed by atoms with van der Waals surface area (Å²) in [6.07, 6.45) is -3.04. The van der Waals surface area contributed by atoms with Gasteiger partial charge in [-0.05, 0) is 0 Å². The van der Waals surface area contributed by atoms with E-state index in [9.17, 15) is 14.2 Å². The van der Waals surface area contributed by atoms with Crippen LogP contribution in [0.15, 0.2) is 0 Å². The zero-order chi connectivity index (χ0) is 10.6. The number of phosphoric acid groups is 1. The molecule has 0 saturated heterocycles.